The van der Waals surface area contributed by atoms with E-state index in [1.807, 2.05) is 50.2 Å². The van der Waals surface area contributed by atoms with Crippen molar-refractivity contribution in [3.05, 3.63) is 71.8 Å². The van der Waals surface area contributed by atoms with Crippen molar-refractivity contribution < 1.29 is 29.0 Å². The van der Waals surface area contributed by atoms with Crippen LogP contribution < -0.4 is 16.0 Å². The average Bonchev–Trinajstić information content (AvgIpc) is 2.82. The molecule has 4 N–H and O–H groups in total. The summed E-state index contributed by atoms with van der Waals surface area (Å²) in [6.45, 7) is 5.30. The number of rotatable bonds is 12. The number of aliphatic carboxylic acids is 1. The van der Waals surface area contributed by atoms with E-state index in [4.69, 9.17) is 4.74 Å². The van der Waals surface area contributed by atoms with Gasteiger partial charge in [0.2, 0.25) is 11.8 Å². The molecule has 0 fully saturated rings. The molecular formula is C26H33N3O6. The largest absolute Gasteiger partial charge is 0.480 e. The first-order chi connectivity index (χ1) is 16.7. The summed E-state index contributed by atoms with van der Waals surface area (Å²) in [5.41, 5.74) is 1.56. The Balaban J connectivity index is 1.93. The normalized spacial score (nSPS) is 13.3. The number of benzene rings is 2. The third kappa shape index (κ3) is 9.87. The highest BCUT2D eigenvalue weighted by molar-refractivity contribution is 5.92. The molecule has 9 heteroatoms. The third-order valence-electron chi connectivity index (χ3n) is 5.18. The molecule has 2 rings (SSSR count). The standard InChI is InChI=1S/C26H33N3O6/c1-17(2)14-21(29-26(34)35-16-20-12-8-5-9-13-20)24(31)27-18(3)23(30)28-22(25(32)33)15-19-10-6-4-7-11-19/h4-13,17-18,21-22H,14-16H2,1-3H3,(H,27,31)(H,28,30)(H,29,34)(H,32,33)/t18-,21-,22-/m0/s1. The van der Waals surface area contributed by atoms with E-state index in [-0.39, 0.29) is 18.9 Å². The van der Waals surface area contributed by atoms with Crippen molar-refractivity contribution in [1.82, 2.24) is 16.0 Å². The first-order valence-electron chi connectivity index (χ1n) is 11.5. The van der Waals surface area contributed by atoms with Crippen molar-refractivity contribution in [3.8, 4) is 0 Å². The van der Waals surface area contributed by atoms with Gasteiger partial charge in [0.15, 0.2) is 0 Å². The molecule has 3 amide bonds. The van der Waals surface area contributed by atoms with Crippen LogP contribution >= 0.6 is 0 Å². The molecule has 2 aromatic rings. The van der Waals surface area contributed by atoms with Crippen LogP contribution in [-0.2, 0) is 32.1 Å². The van der Waals surface area contributed by atoms with Crippen LogP contribution in [0.3, 0.4) is 0 Å². The molecule has 0 bridgehead atoms. The monoisotopic (exact) mass is 483 g/mol. The fraction of sp³-hybridized carbons (Fsp3) is 0.385. The molecule has 3 atom stereocenters. The van der Waals surface area contributed by atoms with Gasteiger partial charge in [0.1, 0.15) is 24.7 Å². The molecule has 0 aliphatic rings. The number of carbonyl (C=O) groups excluding carboxylic acids is 3. The highest BCUT2D eigenvalue weighted by atomic mass is 16.5. The van der Waals surface area contributed by atoms with Crippen molar-refractivity contribution >= 4 is 23.9 Å². The summed E-state index contributed by atoms with van der Waals surface area (Å²) in [5.74, 6) is -2.31. The Morgan fingerprint density at radius 1 is 0.771 bits per heavy atom. The number of carbonyl (C=O) groups is 4. The predicted molar refractivity (Wildman–Crippen MR) is 130 cm³/mol. The molecule has 0 aliphatic carbocycles. The molecule has 2 aromatic carbocycles. The predicted octanol–water partition coefficient (Wildman–Crippen LogP) is 2.64. The van der Waals surface area contributed by atoms with E-state index in [1.165, 1.54) is 6.92 Å². The van der Waals surface area contributed by atoms with E-state index in [2.05, 4.69) is 16.0 Å². The Hall–Kier alpha value is -3.88. The molecule has 9 nitrogen and oxygen atoms in total. The Morgan fingerprint density at radius 3 is 1.89 bits per heavy atom. The van der Waals surface area contributed by atoms with Gasteiger partial charge < -0.3 is 25.8 Å². The zero-order valence-electron chi connectivity index (χ0n) is 20.2. The van der Waals surface area contributed by atoms with Gasteiger partial charge >= 0.3 is 12.1 Å². The highest BCUT2D eigenvalue weighted by Crippen LogP contribution is 2.08. The zero-order chi connectivity index (χ0) is 25.8. The molecule has 0 aliphatic heterocycles. The maximum absolute atomic E-state index is 12.8. The smallest absolute Gasteiger partial charge is 0.408 e. The molecular weight excluding hydrogens is 450 g/mol. The Morgan fingerprint density at radius 2 is 1.34 bits per heavy atom. The summed E-state index contributed by atoms with van der Waals surface area (Å²) in [6.07, 6.45) is -0.319. The number of amides is 3. The summed E-state index contributed by atoms with van der Waals surface area (Å²) in [4.78, 5) is 49.3. The molecule has 0 spiro atoms. The van der Waals surface area contributed by atoms with Gasteiger partial charge in [0.05, 0.1) is 0 Å². The van der Waals surface area contributed by atoms with E-state index in [9.17, 15) is 24.3 Å². The maximum atomic E-state index is 12.8. The second-order valence-electron chi connectivity index (χ2n) is 8.71. The lowest BCUT2D eigenvalue weighted by Crippen LogP contribution is -2.55. The Labute approximate surface area is 205 Å². The Bertz CT molecular complexity index is 981. The minimum Gasteiger partial charge on any atom is -0.480 e. The van der Waals surface area contributed by atoms with Crippen LogP contribution in [0.5, 0.6) is 0 Å². The lowest BCUT2D eigenvalue weighted by molar-refractivity contribution is -0.142. The number of alkyl carbamates (subject to hydrolysis) is 1. The minimum atomic E-state index is -1.18. The van der Waals surface area contributed by atoms with E-state index < -0.39 is 42.0 Å². The molecule has 188 valence electrons. The molecule has 0 aromatic heterocycles. The average molecular weight is 484 g/mol. The van der Waals surface area contributed by atoms with Crippen molar-refractivity contribution in [2.24, 2.45) is 5.92 Å². The highest BCUT2D eigenvalue weighted by Gasteiger charge is 2.28. The zero-order valence-corrected chi connectivity index (χ0v) is 20.2. The topological polar surface area (TPSA) is 134 Å². The van der Waals surface area contributed by atoms with Gasteiger partial charge in [-0.1, -0.05) is 74.5 Å². The van der Waals surface area contributed by atoms with Crippen LogP contribution in [0, 0.1) is 5.92 Å². The second kappa shape index (κ2) is 13.7. The minimum absolute atomic E-state index is 0.0551. The summed E-state index contributed by atoms with van der Waals surface area (Å²) < 4.78 is 5.20. The van der Waals surface area contributed by atoms with Crippen LogP contribution in [0.4, 0.5) is 4.79 Å². The van der Waals surface area contributed by atoms with Crippen LogP contribution in [-0.4, -0.2) is 47.1 Å². The fourth-order valence-electron chi connectivity index (χ4n) is 3.34. The summed E-state index contributed by atoms with van der Waals surface area (Å²) in [5, 5.41) is 17.1. The number of hydrogen-bond donors (Lipinski definition) is 4. The molecule has 0 saturated carbocycles. The molecule has 0 radical (unpaired) electrons. The van der Waals surface area contributed by atoms with E-state index in [0.717, 1.165) is 11.1 Å². The van der Waals surface area contributed by atoms with Gasteiger partial charge in [-0.2, -0.15) is 0 Å². The number of carboxylic acid groups (broad SMARTS) is 1. The van der Waals surface area contributed by atoms with E-state index in [1.54, 1.807) is 24.3 Å². The van der Waals surface area contributed by atoms with Crippen LogP contribution in [0.1, 0.15) is 38.3 Å². The van der Waals surface area contributed by atoms with Gasteiger partial charge in [0.25, 0.3) is 0 Å². The van der Waals surface area contributed by atoms with Crippen LogP contribution in [0.15, 0.2) is 60.7 Å². The van der Waals surface area contributed by atoms with Gasteiger partial charge in [-0.15, -0.1) is 0 Å². The molecule has 35 heavy (non-hydrogen) atoms. The number of hydrogen-bond acceptors (Lipinski definition) is 5. The van der Waals surface area contributed by atoms with Crippen molar-refractivity contribution in [2.75, 3.05) is 0 Å². The summed E-state index contributed by atoms with van der Waals surface area (Å²) >= 11 is 0. The second-order valence-corrected chi connectivity index (χ2v) is 8.71. The van der Waals surface area contributed by atoms with E-state index in [0.29, 0.717) is 6.42 Å². The van der Waals surface area contributed by atoms with E-state index >= 15 is 0 Å². The molecule has 0 saturated heterocycles. The summed E-state index contributed by atoms with van der Waals surface area (Å²) in [7, 11) is 0. The molecule has 0 heterocycles. The quantitative estimate of drug-likeness (QED) is 0.367. The molecule has 0 unspecified atom stereocenters. The number of nitrogens with one attached hydrogen (secondary N) is 3. The number of carboxylic acids is 1. The first kappa shape index (κ1) is 27.4. The SMILES string of the molecule is CC(C)C[C@H](NC(=O)OCc1ccccc1)C(=O)N[C@@H](C)C(=O)N[C@@H](Cc1ccccc1)C(=O)O. The van der Waals surface area contributed by atoms with Crippen molar-refractivity contribution in [3.63, 3.8) is 0 Å². The lowest BCUT2D eigenvalue weighted by atomic mass is 10.0. The third-order valence-corrected chi connectivity index (χ3v) is 5.18. The van der Waals surface area contributed by atoms with Gasteiger partial charge in [0, 0.05) is 6.42 Å². The Kier molecular flexibility index (Phi) is 10.7. The fourth-order valence-corrected chi connectivity index (χ4v) is 3.34. The van der Waals surface area contributed by atoms with Gasteiger partial charge in [-0.25, -0.2) is 9.59 Å². The number of ether oxygens (including phenoxy) is 1. The first-order valence-corrected chi connectivity index (χ1v) is 11.5. The lowest BCUT2D eigenvalue weighted by Gasteiger charge is -2.23. The maximum Gasteiger partial charge on any atom is 0.408 e. The van der Waals surface area contributed by atoms with Crippen molar-refractivity contribution in [2.45, 2.75) is 58.3 Å². The van der Waals surface area contributed by atoms with Crippen LogP contribution in [0.2, 0.25) is 0 Å². The van der Waals surface area contributed by atoms with Crippen molar-refractivity contribution in [1.29, 1.82) is 0 Å². The summed E-state index contributed by atoms with van der Waals surface area (Å²) in [6, 6.07) is 15.0. The van der Waals surface area contributed by atoms with Gasteiger partial charge in [-0.05, 0) is 30.4 Å². The van der Waals surface area contributed by atoms with Crippen LogP contribution in [0.25, 0.3) is 0 Å². The van der Waals surface area contributed by atoms with Gasteiger partial charge in [-0.3, -0.25) is 9.59 Å².